The maximum absolute atomic E-state index is 12.9. The number of amides is 4. The maximum atomic E-state index is 12.9. The molecular weight excluding hydrogens is 1810 g/mol. The van der Waals surface area contributed by atoms with Gasteiger partial charge in [0.1, 0.15) is 48.8 Å². The lowest BCUT2D eigenvalue weighted by Gasteiger charge is -2.11. The second-order valence-corrected chi connectivity index (χ2v) is 31.6. The minimum atomic E-state index is -0.694. The fraction of sp³-hybridized carbons (Fsp3) is 0.0971. The van der Waals surface area contributed by atoms with Gasteiger partial charge in [0.15, 0.2) is 23.2 Å². The summed E-state index contributed by atoms with van der Waals surface area (Å²) in [4.78, 5) is 196. The number of nitrogens with zero attached hydrogens (tertiary/aromatic N) is 11. The van der Waals surface area contributed by atoms with E-state index in [9.17, 15) is 62.3 Å². The highest BCUT2D eigenvalue weighted by Gasteiger charge is 2.30. The third-order valence-corrected chi connectivity index (χ3v) is 22.3. The molecule has 0 unspecified atom stereocenters. The molecular formula is C103H83N19O19. The van der Waals surface area contributed by atoms with Crippen molar-refractivity contribution in [1.82, 2.24) is 90.2 Å². The van der Waals surface area contributed by atoms with Crippen LogP contribution in [-0.2, 0) is 17.9 Å². The van der Waals surface area contributed by atoms with Gasteiger partial charge in [-0.15, -0.1) is 0 Å². The highest BCUT2D eigenvalue weighted by Crippen LogP contribution is 2.31. The number of H-pyrrole nitrogens is 4. The van der Waals surface area contributed by atoms with E-state index in [-0.39, 0.29) is 61.9 Å². The van der Waals surface area contributed by atoms with Crippen molar-refractivity contribution in [1.29, 1.82) is 0 Å². The molecule has 4 amide bonds. The van der Waals surface area contributed by atoms with Crippen LogP contribution in [-0.4, -0.2) is 165 Å². The average molecular weight is 1890 g/mol. The van der Waals surface area contributed by atoms with Gasteiger partial charge >= 0.3 is 0 Å². The number of Topliss-reactive ketones (excluding diaryl/α,β-unsaturated/α-hetero) is 3. The Morgan fingerprint density at radius 2 is 0.872 bits per heavy atom. The number of rotatable bonds is 20. The summed E-state index contributed by atoms with van der Waals surface area (Å²) in [6.07, 6.45) is 15.0. The van der Waals surface area contributed by atoms with Crippen molar-refractivity contribution in [2.75, 3.05) is 25.1 Å². The van der Waals surface area contributed by atoms with Crippen molar-refractivity contribution >= 4 is 112 Å². The van der Waals surface area contributed by atoms with Crippen LogP contribution >= 0.6 is 0 Å². The maximum Gasteiger partial charge on any atom is 0.274 e. The van der Waals surface area contributed by atoms with E-state index in [0.29, 0.717) is 136 Å². The predicted octanol–water partition coefficient (Wildman–Crippen LogP) is 11.0. The zero-order valence-electron chi connectivity index (χ0n) is 74.6. The summed E-state index contributed by atoms with van der Waals surface area (Å²) in [5, 5.41) is 63.8. The van der Waals surface area contributed by atoms with Gasteiger partial charge in [-0.05, 0) is 187 Å². The molecule has 141 heavy (non-hydrogen) atoms. The number of aromatic nitrogens is 15. The van der Waals surface area contributed by atoms with Crippen LogP contribution < -0.4 is 55.1 Å². The number of carbonyl (C=O) groups is 7. The first-order valence-corrected chi connectivity index (χ1v) is 43.3. The van der Waals surface area contributed by atoms with E-state index in [1.165, 1.54) is 89.6 Å². The second-order valence-electron chi connectivity index (χ2n) is 31.6. The zero-order chi connectivity index (χ0) is 99.5. The molecule has 0 aliphatic heterocycles. The predicted molar refractivity (Wildman–Crippen MR) is 523 cm³/mol. The first-order valence-electron chi connectivity index (χ1n) is 43.3. The molecule has 0 radical (unpaired) electrons. The number of hydrogen-bond acceptors (Lipinski definition) is 27. The Morgan fingerprint density at radius 1 is 0.404 bits per heavy atom. The fourth-order valence-corrected chi connectivity index (χ4v) is 14.9. The number of carbonyl (C=O) groups excluding carboxylic acids is 7. The number of ketones is 3. The van der Waals surface area contributed by atoms with E-state index in [2.05, 4.69) is 65.2 Å². The first-order chi connectivity index (χ1) is 68.3. The lowest BCUT2D eigenvalue weighted by molar-refractivity contribution is -0.117. The second kappa shape index (κ2) is 44.2. The molecule has 1 saturated carbocycles. The Morgan fingerprint density at radius 3 is 1.40 bits per heavy atom. The number of anilines is 1. The fourth-order valence-electron chi connectivity index (χ4n) is 14.9. The van der Waals surface area contributed by atoms with Crippen molar-refractivity contribution in [3.05, 3.63) is 399 Å². The van der Waals surface area contributed by atoms with Crippen molar-refractivity contribution in [2.45, 2.75) is 39.8 Å². The van der Waals surface area contributed by atoms with E-state index in [1.807, 2.05) is 117 Å². The summed E-state index contributed by atoms with van der Waals surface area (Å²) >= 11 is 0. The molecule has 1 aliphatic carbocycles. The van der Waals surface area contributed by atoms with Crippen molar-refractivity contribution in [3.8, 4) is 62.5 Å². The van der Waals surface area contributed by atoms with E-state index in [0.717, 1.165) is 51.6 Å². The standard InChI is InChI=1S/C21H15N3O3.C19H16N4O4.C18H16N2O3.C16H12N2O3.C15H11N3O3.C14H13N5O3/c25-12-19(26)15-4-5-17-18(11-15)23-20(24-21(17)27)16-3-1-2-14(10-16)13-6-8-22-9-7-13;24-17(12-2-3-12)21-16-10-14(5-7-20-16)23-8-6-11-1-4-13(18(25)22-27)9-15(11)19(23)26;1-12-10-20(11-13-5-3-2-4-6-13)18(22)16-9-14(17(21)19-23)7-8-15(12)16;19-9-14(20)11-6-7-12-13(8-11)17-15(18-16(12)21)10-4-2-1-3-5-10;19-8-13(20)9-3-4-11-12(6-9)17-14(18-15(11)21)10-2-1-5-16-7-10;1-2-19-11(5-6-15-19)12-16-10-7-8(13(20)18-22)3-4-9(10)14(21)17-12/h1-11,25H,12H2,(H,23,24,27);1,4-10,12,27H,2-3H2,(H,22,25)(H,20,21,24);2-10,23H,11H2,1H3,(H,19,21);1-8,19H,9H2,(H,17,18,21);1-7,19H,8H2,(H,17,18,21);3-7,22H,2H2,1H3,(H,18,20)(H,16,17,21). The molecule has 14 N–H and O–H groups in total. The van der Waals surface area contributed by atoms with E-state index in [4.69, 9.17) is 30.9 Å². The minimum Gasteiger partial charge on any atom is -0.388 e. The highest BCUT2D eigenvalue weighted by atomic mass is 16.5. The zero-order valence-corrected chi connectivity index (χ0v) is 74.6. The highest BCUT2D eigenvalue weighted by molar-refractivity contribution is 6.04. The number of benzene rings is 9. The average Bonchev–Trinajstić information content (AvgIpc) is 1.78. The summed E-state index contributed by atoms with van der Waals surface area (Å²) in [6, 6.07) is 68.2. The molecule has 0 atom stereocenters. The quantitative estimate of drug-likeness (QED) is 0.0191. The number of fused-ring (bicyclic) bond motifs is 6. The summed E-state index contributed by atoms with van der Waals surface area (Å²) in [5.41, 5.74) is 13.7. The molecule has 10 heterocycles. The van der Waals surface area contributed by atoms with Gasteiger partial charge < -0.3 is 45.1 Å². The van der Waals surface area contributed by atoms with Gasteiger partial charge in [0.05, 0.1) is 55.8 Å². The van der Waals surface area contributed by atoms with Crippen LogP contribution in [0, 0.1) is 12.8 Å². The molecule has 38 nitrogen and oxygen atoms in total. The SMILES string of the molecule is CCn1nccc1-c1nc2cc(C(=O)NO)ccc2c(=O)[nH]1.Cc1cn(Cc2ccccc2)c(=O)c2cc(C(=O)NO)ccc12.O=C(CO)c1ccc2c(=O)[nH]c(-c3cccc(-c4ccncc4)c3)nc2c1.O=C(CO)c1ccc2c(=O)[nH]c(-c3ccccc3)nc2c1.O=C(CO)c1ccc2c(=O)[nH]c(-c3cccnc3)nc2c1.O=C(NO)c1ccc2ccn(-c3ccnc(NC(=O)C4CC4)c3)c(=O)c2c1. The Labute approximate surface area is 794 Å². The minimum absolute atomic E-state index is 0.0509. The Bertz CT molecular complexity index is 8270. The first kappa shape index (κ1) is 96.8. The third kappa shape index (κ3) is 22.8. The number of hydrogen-bond donors (Lipinski definition) is 14. The summed E-state index contributed by atoms with van der Waals surface area (Å²) < 4.78 is 4.75. The van der Waals surface area contributed by atoms with Crippen LogP contribution in [0.4, 0.5) is 5.82 Å². The van der Waals surface area contributed by atoms with Gasteiger partial charge in [-0.25, -0.2) is 41.4 Å². The number of pyridine rings is 5. The van der Waals surface area contributed by atoms with E-state index < -0.39 is 54.9 Å². The normalized spacial score (nSPS) is 11.3. The van der Waals surface area contributed by atoms with Crippen LogP contribution in [0.5, 0.6) is 0 Å². The van der Waals surface area contributed by atoms with Crippen molar-refractivity contribution in [2.24, 2.45) is 5.92 Å². The topological polar surface area (TPSA) is 572 Å². The number of aromatic amines is 4. The lowest BCUT2D eigenvalue weighted by Crippen LogP contribution is -2.22. The Hall–Kier alpha value is -18.7. The molecule has 1 aliphatic rings. The summed E-state index contributed by atoms with van der Waals surface area (Å²) in [7, 11) is 0. The monoisotopic (exact) mass is 1890 g/mol. The number of aliphatic hydroxyl groups is 3. The van der Waals surface area contributed by atoms with Crippen molar-refractivity contribution < 1.29 is 64.5 Å². The van der Waals surface area contributed by atoms with Crippen LogP contribution in [0.25, 0.3) is 128 Å². The summed E-state index contributed by atoms with van der Waals surface area (Å²) in [5.74, 6) is -1.24. The van der Waals surface area contributed by atoms with Crippen LogP contribution in [0.3, 0.4) is 0 Å². The Balaban J connectivity index is 0.000000128. The van der Waals surface area contributed by atoms with Gasteiger partial charge in [0.2, 0.25) is 5.91 Å². The third-order valence-electron chi connectivity index (χ3n) is 22.3. The smallest absolute Gasteiger partial charge is 0.274 e. The molecule has 0 bridgehead atoms. The van der Waals surface area contributed by atoms with Crippen molar-refractivity contribution in [3.63, 3.8) is 0 Å². The molecule has 38 heteroatoms. The van der Waals surface area contributed by atoms with Gasteiger partial charge in [-0.1, -0.05) is 109 Å². The van der Waals surface area contributed by atoms with Crippen LogP contribution in [0.2, 0.25) is 0 Å². The molecule has 10 aromatic heterocycles. The molecule has 704 valence electrons. The van der Waals surface area contributed by atoms with Crippen LogP contribution in [0.1, 0.15) is 93.0 Å². The lowest BCUT2D eigenvalue weighted by atomic mass is 10.0. The molecule has 1 fully saturated rings. The molecule has 9 aromatic carbocycles. The van der Waals surface area contributed by atoms with E-state index >= 15 is 0 Å². The van der Waals surface area contributed by atoms with Gasteiger partial charge in [0, 0.05) is 129 Å². The number of aryl methyl sites for hydroxylation is 2. The number of aliphatic hydroxyl groups excluding tert-OH is 3. The Kier molecular flexibility index (Phi) is 30.3. The summed E-state index contributed by atoms with van der Waals surface area (Å²) in [6.45, 7) is 3.22. The molecule has 0 saturated heterocycles. The van der Waals surface area contributed by atoms with Crippen LogP contribution in [0.15, 0.2) is 321 Å². The molecule has 19 aromatic rings. The van der Waals surface area contributed by atoms with Gasteiger partial charge in [-0.3, -0.25) is 97.2 Å². The largest absolute Gasteiger partial charge is 0.388 e. The number of hydroxylamine groups is 3. The van der Waals surface area contributed by atoms with Gasteiger partial charge in [-0.2, -0.15) is 5.10 Å². The molecule has 0 spiro atoms. The molecule has 20 rings (SSSR count). The van der Waals surface area contributed by atoms with E-state index in [1.54, 1.807) is 130 Å². The number of nitrogens with one attached hydrogen (secondary N) is 8. The van der Waals surface area contributed by atoms with Gasteiger partial charge in [0.25, 0.3) is 51.1 Å².